The quantitative estimate of drug-likeness (QED) is 0.175. The van der Waals surface area contributed by atoms with Crippen LogP contribution in [-0.2, 0) is 0 Å². The van der Waals surface area contributed by atoms with E-state index in [1.165, 1.54) is 48.6 Å². The molecular weight excluding hydrogens is 645 g/mol. The molecule has 0 bridgehead atoms. The van der Waals surface area contributed by atoms with E-state index in [0.717, 1.165) is 38.7 Å². The molecule has 0 unspecified atom stereocenters. The number of rotatable bonds is 4. The molecule has 11 rings (SSSR count). The molecule has 11 aromatic rings. The number of benzene rings is 9. The summed E-state index contributed by atoms with van der Waals surface area (Å²) in [5.74, 6) is 1.92. The molecule has 4 nitrogen and oxygen atoms in total. The van der Waals surface area contributed by atoms with Crippen LogP contribution in [-0.4, -0.2) is 19.5 Å². The van der Waals surface area contributed by atoms with Gasteiger partial charge < -0.3 is 4.57 Å². The van der Waals surface area contributed by atoms with Gasteiger partial charge in [0.1, 0.15) is 0 Å². The third-order valence-corrected chi connectivity index (χ3v) is 10.6. The van der Waals surface area contributed by atoms with E-state index in [1.807, 2.05) is 18.2 Å². The van der Waals surface area contributed by atoms with E-state index >= 15 is 0 Å². The minimum Gasteiger partial charge on any atom is -0.309 e. The first-order valence-electron chi connectivity index (χ1n) is 18.0. The Bertz CT molecular complexity index is 3230. The SMILES string of the molecule is c1ccc(-c2nc(-c3cccc(-n4c5ccccc5c5ccc6ccccc6c54)c3)nc(-c3cc4ccc5ccccc5c4c4ccccc34)n2)cc1. The van der Waals surface area contributed by atoms with Crippen LogP contribution in [0.25, 0.3) is 105 Å². The van der Waals surface area contributed by atoms with Gasteiger partial charge in [-0.3, -0.25) is 0 Å². The van der Waals surface area contributed by atoms with Crippen molar-refractivity contribution in [3.8, 4) is 39.9 Å². The van der Waals surface area contributed by atoms with Crippen molar-refractivity contribution >= 4 is 64.9 Å². The highest BCUT2D eigenvalue weighted by Crippen LogP contribution is 2.40. The summed E-state index contributed by atoms with van der Waals surface area (Å²) in [6.07, 6.45) is 0. The van der Waals surface area contributed by atoms with Crippen molar-refractivity contribution in [3.05, 3.63) is 182 Å². The van der Waals surface area contributed by atoms with Crippen LogP contribution in [0.5, 0.6) is 0 Å². The Hall–Kier alpha value is -7.17. The fourth-order valence-electron chi connectivity index (χ4n) is 8.19. The van der Waals surface area contributed by atoms with Crippen LogP contribution in [0.1, 0.15) is 0 Å². The molecule has 0 amide bonds. The van der Waals surface area contributed by atoms with Crippen LogP contribution in [0.4, 0.5) is 0 Å². The monoisotopic (exact) mass is 674 g/mol. The Morgan fingerprint density at radius 1 is 0.340 bits per heavy atom. The zero-order valence-electron chi connectivity index (χ0n) is 28.6. The van der Waals surface area contributed by atoms with E-state index in [1.54, 1.807) is 0 Å². The van der Waals surface area contributed by atoms with Gasteiger partial charge >= 0.3 is 0 Å². The van der Waals surface area contributed by atoms with E-state index in [2.05, 4.69) is 168 Å². The molecule has 4 heteroatoms. The van der Waals surface area contributed by atoms with E-state index in [9.17, 15) is 0 Å². The first kappa shape index (κ1) is 29.5. The molecule has 2 aromatic heterocycles. The predicted octanol–water partition coefficient (Wildman–Crippen LogP) is 12.6. The van der Waals surface area contributed by atoms with Crippen molar-refractivity contribution in [2.45, 2.75) is 0 Å². The highest BCUT2D eigenvalue weighted by Gasteiger charge is 2.19. The minimum atomic E-state index is 0.629. The Labute approximate surface area is 305 Å². The van der Waals surface area contributed by atoms with Gasteiger partial charge in [-0.2, -0.15) is 0 Å². The molecule has 0 spiro atoms. The number of hydrogen-bond acceptors (Lipinski definition) is 3. The Morgan fingerprint density at radius 3 is 1.75 bits per heavy atom. The van der Waals surface area contributed by atoms with Gasteiger partial charge in [0.05, 0.1) is 11.0 Å². The molecule has 53 heavy (non-hydrogen) atoms. The molecule has 0 atom stereocenters. The van der Waals surface area contributed by atoms with Crippen molar-refractivity contribution in [1.82, 2.24) is 19.5 Å². The maximum absolute atomic E-state index is 5.28. The lowest BCUT2D eigenvalue weighted by atomic mass is 9.93. The van der Waals surface area contributed by atoms with Gasteiger partial charge in [-0.05, 0) is 62.0 Å². The van der Waals surface area contributed by atoms with Crippen LogP contribution in [0.2, 0.25) is 0 Å². The van der Waals surface area contributed by atoms with Gasteiger partial charge in [-0.1, -0.05) is 158 Å². The molecule has 0 saturated carbocycles. The largest absolute Gasteiger partial charge is 0.309 e. The number of aromatic nitrogens is 4. The van der Waals surface area contributed by atoms with Crippen molar-refractivity contribution < 1.29 is 0 Å². The standard InChI is InChI=1S/C49H30N4/c1-2-15-33(16-3-1)47-50-48(52-49(51-47)43-30-34-26-25-31-13-4-6-19-37(31)45(34)41-23-9-8-21-39(41)43)35-17-12-18-36(29-35)53-44-24-11-10-22-40(44)42-28-27-32-14-5-7-20-38(32)46(42)53/h1-30H. The van der Waals surface area contributed by atoms with Gasteiger partial charge in [0.2, 0.25) is 0 Å². The Morgan fingerprint density at radius 2 is 0.925 bits per heavy atom. The van der Waals surface area contributed by atoms with Crippen molar-refractivity contribution in [3.63, 3.8) is 0 Å². The zero-order valence-corrected chi connectivity index (χ0v) is 28.6. The summed E-state index contributed by atoms with van der Waals surface area (Å²) in [5, 5.41) is 12.0. The van der Waals surface area contributed by atoms with E-state index in [4.69, 9.17) is 15.0 Å². The smallest absolute Gasteiger partial charge is 0.164 e. The van der Waals surface area contributed by atoms with Crippen LogP contribution in [0.15, 0.2) is 182 Å². The van der Waals surface area contributed by atoms with Gasteiger partial charge in [0, 0.05) is 38.5 Å². The zero-order chi connectivity index (χ0) is 34.9. The summed E-state index contributed by atoms with van der Waals surface area (Å²) in [4.78, 5) is 15.6. The highest BCUT2D eigenvalue weighted by molar-refractivity contribution is 6.23. The number of hydrogen-bond donors (Lipinski definition) is 0. The van der Waals surface area contributed by atoms with Crippen LogP contribution >= 0.6 is 0 Å². The molecule has 0 aliphatic heterocycles. The number of nitrogens with zero attached hydrogens (tertiary/aromatic N) is 4. The summed E-state index contributed by atoms with van der Waals surface area (Å²) < 4.78 is 2.39. The van der Waals surface area contributed by atoms with Gasteiger partial charge in [-0.25, -0.2) is 15.0 Å². The average Bonchev–Trinajstić information content (AvgIpc) is 3.58. The van der Waals surface area contributed by atoms with E-state index in [-0.39, 0.29) is 0 Å². The lowest BCUT2D eigenvalue weighted by Gasteiger charge is -2.14. The Balaban J connectivity index is 1.17. The van der Waals surface area contributed by atoms with Crippen molar-refractivity contribution in [2.75, 3.05) is 0 Å². The lowest BCUT2D eigenvalue weighted by molar-refractivity contribution is 1.07. The fourth-order valence-corrected chi connectivity index (χ4v) is 8.19. The minimum absolute atomic E-state index is 0.629. The van der Waals surface area contributed by atoms with Crippen molar-refractivity contribution in [2.24, 2.45) is 0 Å². The van der Waals surface area contributed by atoms with Crippen LogP contribution in [0.3, 0.4) is 0 Å². The van der Waals surface area contributed by atoms with E-state index < -0.39 is 0 Å². The molecule has 2 heterocycles. The second-order valence-electron chi connectivity index (χ2n) is 13.6. The average molecular weight is 675 g/mol. The summed E-state index contributed by atoms with van der Waals surface area (Å²) >= 11 is 0. The molecule has 0 aliphatic carbocycles. The first-order chi connectivity index (χ1) is 26.3. The maximum Gasteiger partial charge on any atom is 0.164 e. The number of para-hydroxylation sites is 1. The van der Waals surface area contributed by atoms with E-state index in [0.29, 0.717) is 17.5 Å². The molecule has 9 aromatic carbocycles. The third-order valence-electron chi connectivity index (χ3n) is 10.6. The molecule has 0 aliphatic rings. The summed E-state index contributed by atoms with van der Waals surface area (Å²) in [6, 6.07) is 64.5. The molecule has 0 fully saturated rings. The summed E-state index contributed by atoms with van der Waals surface area (Å²) in [5.41, 5.74) is 6.25. The maximum atomic E-state index is 5.28. The first-order valence-corrected chi connectivity index (χ1v) is 18.0. The van der Waals surface area contributed by atoms with Crippen LogP contribution < -0.4 is 0 Å². The normalized spacial score (nSPS) is 11.8. The molecule has 246 valence electrons. The fraction of sp³-hybridized carbons (Fsp3) is 0. The van der Waals surface area contributed by atoms with Gasteiger partial charge in [0.25, 0.3) is 0 Å². The molecule has 0 radical (unpaired) electrons. The topological polar surface area (TPSA) is 43.6 Å². The Kier molecular flexibility index (Phi) is 6.52. The molecular formula is C49H30N4. The summed E-state index contributed by atoms with van der Waals surface area (Å²) in [6.45, 7) is 0. The van der Waals surface area contributed by atoms with Gasteiger partial charge in [0.15, 0.2) is 17.5 Å². The predicted molar refractivity (Wildman–Crippen MR) is 220 cm³/mol. The second-order valence-corrected chi connectivity index (χ2v) is 13.6. The van der Waals surface area contributed by atoms with Crippen LogP contribution in [0, 0.1) is 0 Å². The van der Waals surface area contributed by atoms with Crippen molar-refractivity contribution in [1.29, 1.82) is 0 Å². The van der Waals surface area contributed by atoms with Gasteiger partial charge in [-0.15, -0.1) is 0 Å². The second kappa shape index (κ2) is 11.7. The lowest BCUT2D eigenvalue weighted by Crippen LogP contribution is -2.01. The highest BCUT2D eigenvalue weighted by atomic mass is 15.0. The molecule has 0 saturated heterocycles. The third kappa shape index (κ3) is 4.66. The summed E-state index contributed by atoms with van der Waals surface area (Å²) in [7, 11) is 0. The molecule has 0 N–H and O–H groups in total. The number of fused-ring (bicyclic) bond motifs is 10.